The number of amides is 1. The predicted octanol–water partition coefficient (Wildman–Crippen LogP) is 9.06. The summed E-state index contributed by atoms with van der Waals surface area (Å²) in [5.74, 6) is -4.35. The summed E-state index contributed by atoms with van der Waals surface area (Å²) >= 11 is 0. The zero-order chi connectivity index (χ0) is 32.9. The Morgan fingerprint density at radius 3 is 2.23 bits per heavy atom. The first-order chi connectivity index (χ1) is 20.2. The smallest absolute Gasteiger partial charge is 0.416 e. The molecule has 0 aromatic heterocycles. The van der Waals surface area contributed by atoms with E-state index in [9.17, 15) is 48.7 Å². The first-order valence-electron chi connectivity index (χ1n) is 13.6. The molecule has 2 unspecified atom stereocenters. The van der Waals surface area contributed by atoms with Crippen LogP contribution in [0, 0.1) is 17.7 Å². The van der Waals surface area contributed by atoms with E-state index in [1.165, 1.54) is 26.2 Å². The third-order valence-electron chi connectivity index (χ3n) is 8.05. The summed E-state index contributed by atoms with van der Waals surface area (Å²) in [5.41, 5.74) is -2.28. The van der Waals surface area contributed by atoms with Crippen molar-refractivity contribution < 1.29 is 58.2 Å². The number of ether oxygens (including phenoxy) is 2. The second-order valence-corrected chi connectivity index (χ2v) is 11.3. The second kappa shape index (κ2) is 11.8. The molecule has 1 saturated heterocycles. The Labute approximate surface area is 246 Å². The maximum atomic E-state index is 14.7. The highest BCUT2D eigenvalue weighted by molar-refractivity contribution is 5.85. The van der Waals surface area contributed by atoms with Crippen molar-refractivity contribution in [2.24, 2.45) is 11.8 Å². The molecule has 0 radical (unpaired) electrons. The van der Waals surface area contributed by atoms with Crippen LogP contribution in [0.15, 0.2) is 53.2 Å². The fourth-order valence-electron chi connectivity index (χ4n) is 5.71. The van der Waals surface area contributed by atoms with Gasteiger partial charge in [0.15, 0.2) is 0 Å². The van der Waals surface area contributed by atoms with Crippen LogP contribution in [-0.2, 0) is 4.74 Å². The van der Waals surface area contributed by atoms with Gasteiger partial charge in [-0.25, -0.2) is 9.18 Å². The number of benzene rings is 1. The van der Waals surface area contributed by atoms with Gasteiger partial charge in [-0.2, -0.15) is 39.5 Å². The summed E-state index contributed by atoms with van der Waals surface area (Å²) in [6.07, 6.45) is -16.0. The van der Waals surface area contributed by atoms with Crippen molar-refractivity contribution in [3.63, 3.8) is 0 Å². The van der Waals surface area contributed by atoms with E-state index in [0.29, 0.717) is 6.08 Å². The number of hydrogen-bond acceptors (Lipinski definition) is 3. The predicted molar refractivity (Wildman–Crippen MR) is 140 cm³/mol. The van der Waals surface area contributed by atoms with Gasteiger partial charge in [-0.3, -0.25) is 4.90 Å². The second-order valence-electron chi connectivity index (χ2n) is 11.3. The topological polar surface area (TPSA) is 38.8 Å². The number of carbonyl (C=O) groups is 1. The van der Waals surface area contributed by atoms with Crippen LogP contribution in [0.25, 0.3) is 5.57 Å². The number of carbonyl (C=O) groups excluding carboxylic acids is 1. The van der Waals surface area contributed by atoms with Crippen LogP contribution < -0.4 is 4.74 Å². The summed E-state index contributed by atoms with van der Waals surface area (Å²) in [7, 11) is 1.25. The molecule has 44 heavy (non-hydrogen) atoms. The van der Waals surface area contributed by atoms with Crippen LogP contribution >= 0.6 is 0 Å². The molecule has 1 amide bonds. The first-order valence-corrected chi connectivity index (χ1v) is 13.6. The maximum absolute atomic E-state index is 14.7. The molecular weight excluding hydrogens is 612 g/mol. The van der Waals surface area contributed by atoms with Gasteiger partial charge >= 0.3 is 24.6 Å². The molecule has 242 valence electrons. The molecule has 0 spiro atoms. The Morgan fingerprint density at radius 2 is 1.68 bits per heavy atom. The van der Waals surface area contributed by atoms with Crippen LogP contribution in [0.2, 0.25) is 0 Å². The summed E-state index contributed by atoms with van der Waals surface area (Å²) < 4.78 is 148. The minimum absolute atomic E-state index is 0.0123. The van der Waals surface area contributed by atoms with Crippen molar-refractivity contribution in [1.82, 2.24) is 4.90 Å². The number of nitrogens with zero attached hydrogens (tertiary/aromatic N) is 1. The molecule has 3 aliphatic rings. The first kappa shape index (κ1) is 33.4. The molecule has 1 aliphatic heterocycles. The summed E-state index contributed by atoms with van der Waals surface area (Å²) in [4.78, 5) is 13.9. The minimum Gasteiger partial charge on any atom is -0.496 e. The summed E-state index contributed by atoms with van der Waals surface area (Å²) in [5, 5.41) is 0. The lowest BCUT2D eigenvalue weighted by atomic mass is 9.83. The molecule has 1 aromatic rings. The lowest BCUT2D eigenvalue weighted by Gasteiger charge is -2.31. The van der Waals surface area contributed by atoms with Gasteiger partial charge in [0.05, 0.1) is 24.6 Å². The van der Waals surface area contributed by atoms with Crippen LogP contribution in [0.4, 0.5) is 48.7 Å². The van der Waals surface area contributed by atoms with Gasteiger partial charge in [-0.1, -0.05) is 32.1 Å². The average Bonchev–Trinajstić information content (AvgIpc) is 3.19. The fourth-order valence-corrected chi connectivity index (χ4v) is 5.71. The van der Waals surface area contributed by atoms with E-state index in [1.807, 2.05) is 0 Å². The van der Waals surface area contributed by atoms with Crippen molar-refractivity contribution in [2.75, 3.05) is 13.7 Å². The molecule has 0 saturated carbocycles. The van der Waals surface area contributed by atoms with Gasteiger partial charge in [0, 0.05) is 29.7 Å². The molecule has 2 aliphatic carbocycles. The number of rotatable bonds is 6. The average molecular weight is 642 g/mol. The monoisotopic (exact) mass is 641 g/mol. The van der Waals surface area contributed by atoms with Crippen molar-refractivity contribution >= 4 is 11.7 Å². The standard InChI is InChI=1S/C30H29F10NO3/c1-14(2)22-11-23(25(43-4)12-24(22)31)21-6-5-18(28(32,33)34)9-17(21)13-41-15(3)26(44-27(41)42)16-7-19(29(35,36)37)10-20(8-16)30(38,39)40/h6-7,9-12,14-16,18,26H,5,8,13H2,1-4H3/t15-,16?,18?,26-/m0/s1. The van der Waals surface area contributed by atoms with Crippen molar-refractivity contribution in [3.8, 4) is 5.75 Å². The Kier molecular flexibility index (Phi) is 8.98. The van der Waals surface area contributed by atoms with Crippen molar-refractivity contribution in [1.29, 1.82) is 0 Å². The van der Waals surface area contributed by atoms with E-state index in [2.05, 4.69) is 0 Å². The number of hydrogen-bond donors (Lipinski definition) is 0. The van der Waals surface area contributed by atoms with Crippen LogP contribution in [0.5, 0.6) is 5.75 Å². The van der Waals surface area contributed by atoms with E-state index in [0.717, 1.165) is 17.0 Å². The normalized spacial score (nSPS) is 25.0. The molecule has 0 N–H and O–H groups in total. The third-order valence-corrected chi connectivity index (χ3v) is 8.05. The van der Waals surface area contributed by atoms with Gasteiger partial charge in [0.1, 0.15) is 17.7 Å². The third kappa shape index (κ3) is 6.78. The number of methoxy groups -OCH3 is 1. The van der Waals surface area contributed by atoms with Crippen LogP contribution in [0.3, 0.4) is 0 Å². The fraction of sp³-hybridized carbons (Fsp3) is 0.500. The largest absolute Gasteiger partial charge is 0.496 e. The van der Waals surface area contributed by atoms with Crippen molar-refractivity contribution in [3.05, 3.63) is 70.1 Å². The summed E-state index contributed by atoms with van der Waals surface area (Å²) in [6, 6.07) is 1.42. The zero-order valence-corrected chi connectivity index (χ0v) is 23.9. The number of alkyl halides is 9. The quantitative estimate of drug-likeness (QED) is 0.291. The van der Waals surface area contributed by atoms with E-state index in [4.69, 9.17) is 9.47 Å². The van der Waals surface area contributed by atoms with Gasteiger partial charge in [0.25, 0.3) is 0 Å². The van der Waals surface area contributed by atoms with Gasteiger partial charge in [0.2, 0.25) is 0 Å². The van der Waals surface area contributed by atoms with Gasteiger partial charge < -0.3 is 9.47 Å². The lowest BCUT2D eigenvalue weighted by Crippen LogP contribution is -2.39. The van der Waals surface area contributed by atoms with Crippen LogP contribution in [0.1, 0.15) is 50.7 Å². The zero-order valence-electron chi connectivity index (χ0n) is 23.9. The Hall–Kier alpha value is -3.45. The molecule has 4 nitrogen and oxygen atoms in total. The molecule has 4 atom stereocenters. The highest BCUT2D eigenvalue weighted by Gasteiger charge is 2.49. The molecular formula is C30H29F10NO3. The minimum atomic E-state index is -5.11. The molecule has 0 bridgehead atoms. The van der Waals surface area contributed by atoms with E-state index in [-0.39, 0.29) is 40.0 Å². The van der Waals surface area contributed by atoms with Gasteiger partial charge in [-0.05, 0) is 54.5 Å². The Bertz CT molecular complexity index is 1420. The number of halogens is 10. The molecule has 1 fully saturated rings. The lowest BCUT2D eigenvalue weighted by molar-refractivity contribution is -0.160. The molecule has 14 heteroatoms. The van der Waals surface area contributed by atoms with Crippen LogP contribution in [-0.4, -0.2) is 55.3 Å². The maximum Gasteiger partial charge on any atom is 0.416 e. The van der Waals surface area contributed by atoms with Gasteiger partial charge in [-0.15, -0.1) is 0 Å². The molecule has 1 heterocycles. The number of cyclic esters (lactones) is 1. The Morgan fingerprint density at radius 1 is 1.02 bits per heavy atom. The number of allylic oxidation sites excluding steroid dienone is 5. The molecule has 4 rings (SSSR count). The molecule has 1 aromatic carbocycles. The highest BCUT2D eigenvalue weighted by atomic mass is 19.4. The highest BCUT2D eigenvalue weighted by Crippen LogP contribution is 2.45. The van der Waals surface area contributed by atoms with E-state index < -0.39 is 85.0 Å². The Balaban J connectivity index is 1.71. The van der Waals surface area contributed by atoms with E-state index in [1.54, 1.807) is 13.8 Å². The van der Waals surface area contributed by atoms with E-state index >= 15 is 0 Å². The summed E-state index contributed by atoms with van der Waals surface area (Å²) in [6.45, 7) is 4.25. The van der Waals surface area contributed by atoms with Crippen molar-refractivity contribution in [2.45, 2.75) is 70.2 Å². The SMILES string of the molecule is COc1cc(F)c(C(C)C)cc1C1=CCC(C(F)(F)F)C=C1CN1C(=O)O[C@H](C2C=C(C(F)(F)F)C=C(C(F)(F)F)C2)[C@@H]1C.